The summed E-state index contributed by atoms with van der Waals surface area (Å²) in [7, 11) is 0. The first kappa shape index (κ1) is 12.1. The summed E-state index contributed by atoms with van der Waals surface area (Å²) in [6, 6.07) is 3.32. The summed E-state index contributed by atoms with van der Waals surface area (Å²) in [5.74, 6) is 0. The van der Waals surface area contributed by atoms with Gasteiger partial charge in [0.1, 0.15) is 13.3 Å². The van der Waals surface area contributed by atoms with E-state index in [4.69, 9.17) is 0 Å². The highest BCUT2D eigenvalue weighted by Crippen LogP contribution is 2.17. The van der Waals surface area contributed by atoms with Crippen LogP contribution in [0.2, 0.25) is 0 Å². The molecule has 17 heavy (non-hydrogen) atoms. The van der Waals surface area contributed by atoms with E-state index in [1.807, 2.05) is 0 Å². The van der Waals surface area contributed by atoms with Crippen molar-refractivity contribution in [1.29, 1.82) is 0 Å². The summed E-state index contributed by atoms with van der Waals surface area (Å²) in [6.45, 7) is -1.76. The van der Waals surface area contributed by atoms with Gasteiger partial charge < -0.3 is 4.74 Å². The Morgan fingerprint density at radius 3 is 2.82 bits per heavy atom. The largest absolute Gasteiger partial charge is 0.411 e. The lowest BCUT2D eigenvalue weighted by molar-refractivity contribution is -0.182. The molecular weight excluding hydrogens is 255 g/mol. The molecule has 0 spiro atoms. The molecule has 2 rings (SSSR count). The van der Waals surface area contributed by atoms with Gasteiger partial charge in [-0.2, -0.15) is 13.2 Å². The van der Waals surface area contributed by atoms with Crippen molar-refractivity contribution in [3.63, 3.8) is 0 Å². The summed E-state index contributed by atoms with van der Waals surface area (Å²) in [4.78, 5) is 11.8. The van der Waals surface area contributed by atoms with Crippen molar-refractivity contribution in [2.24, 2.45) is 0 Å². The molecule has 0 amide bonds. The van der Waals surface area contributed by atoms with Gasteiger partial charge in [-0.25, -0.2) is 0 Å². The van der Waals surface area contributed by atoms with Gasteiger partial charge in [0.15, 0.2) is 0 Å². The van der Waals surface area contributed by atoms with Gasteiger partial charge in [0, 0.05) is 10.9 Å². The molecule has 0 aliphatic rings. The average molecular weight is 263 g/mol. The van der Waals surface area contributed by atoms with Crippen molar-refractivity contribution in [2.75, 3.05) is 6.61 Å². The average Bonchev–Trinajstić information content (AvgIpc) is 2.68. The Kier molecular flexibility index (Phi) is 3.21. The number of hydrogen-bond acceptors (Lipinski definition) is 3. The number of pyridine rings is 1. The Morgan fingerprint density at radius 1 is 1.35 bits per heavy atom. The van der Waals surface area contributed by atoms with E-state index in [1.54, 1.807) is 17.5 Å². The molecule has 0 aliphatic carbocycles. The first-order valence-corrected chi connectivity index (χ1v) is 5.56. The molecule has 92 valence electrons. The van der Waals surface area contributed by atoms with E-state index in [0.717, 1.165) is 9.27 Å². The van der Waals surface area contributed by atoms with Gasteiger partial charge in [0.2, 0.25) is 0 Å². The molecule has 7 heteroatoms. The number of fused-ring (bicyclic) bond motifs is 1. The summed E-state index contributed by atoms with van der Waals surface area (Å²) >= 11 is 1.40. The zero-order chi connectivity index (χ0) is 12.5. The minimum absolute atomic E-state index is 0.342. The second kappa shape index (κ2) is 4.50. The number of alkyl halides is 3. The number of ether oxygens (including phenoxy) is 1. The number of halogens is 3. The summed E-state index contributed by atoms with van der Waals surface area (Å²) in [5.41, 5.74) is -0.342. The molecule has 0 bridgehead atoms. The number of rotatable bonds is 3. The third-order valence-corrected chi connectivity index (χ3v) is 2.97. The third-order valence-electron chi connectivity index (χ3n) is 2.09. The molecule has 0 aliphatic heterocycles. The molecule has 0 saturated carbocycles. The molecule has 3 nitrogen and oxygen atoms in total. The van der Waals surface area contributed by atoms with Crippen molar-refractivity contribution in [1.82, 2.24) is 4.57 Å². The van der Waals surface area contributed by atoms with Crippen LogP contribution in [0.25, 0.3) is 10.1 Å². The van der Waals surface area contributed by atoms with E-state index in [-0.39, 0.29) is 5.56 Å². The van der Waals surface area contributed by atoms with Gasteiger partial charge in [0.05, 0.1) is 5.39 Å². The molecule has 0 aromatic carbocycles. The topological polar surface area (TPSA) is 31.2 Å². The van der Waals surface area contributed by atoms with E-state index in [1.165, 1.54) is 17.5 Å². The van der Waals surface area contributed by atoms with Crippen molar-refractivity contribution in [3.05, 3.63) is 34.1 Å². The standard InChI is InChI=1S/C10H8F3NO2S/c11-10(12,13)5-16-6-14-3-1-8-7(9(14)15)2-4-17-8/h1-4H,5-6H2. The van der Waals surface area contributed by atoms with Crippen LogP contribution in [0.5, 0.6) is 0 Å². The minimum Gasteiger partial charge on any atom is -0.351 e. The first-order chi connectivity index (χ1) is 7.97. The molecule has 2 heterocycles. The van der Waals surface area contributed by atoms with E-state index >= 15 is 0 Å². The molecule has 0 N–H and O–H groups in total. The number of hydrogen-bond donors (Lipinski definition) is 0. The smallest absolute Gasteiger partial charge is 0.351 e. The van der Waals surface area contributed by atoms with Gasteiger partial charge in [-0.1, -0.05) is 0 Å². The maximum atomic E-state index is 11.9. The lowest BCUT2D eigenvalue weighted by atomic mass is 10.3. The third kappa shape index (κ3) is 2.86. The SMILES string of the molecule is O=c1c2ccsc2ccn1COCC(F)(F)F. The van der Waals surface area contributed by atoms with Crippen molar-refractivity contribution in [2.45, 2.75) is 12.9 Å². The highest BCUT2D eigenvalue weighted by atomic mass is 32.1. The van der Waals surface area contributed by atoms with E-state index in [2.05, 4.69) is 4.74 Å². The van der Waals surface area contributed by atoms with Crippen LogP contribution in [-0.2, 0) is 11.5 Å². The quantitative estimate of drug-likeness (QED) is 0.852. The number of nitrogens with zero attached hydrogens (tertiary/aromatic N) is 1. The van der Waals surface area contributed by atoms with Crippen LogP contribution in [0.1, 0.15) is 0 Å². The van der Waals surface area contributed by atoms with Crippen LogP contribution in [0.4, 0.5) is 13.2 Å². The molecule has 2 aromatic rings. The van der Waals surface area contributed by atoms with Crippen LogP contribution in [0.3, 0.4) is 0 Å². The van der Waals surface area contributed by atoms with E-state index < -0.39 is 19.5 Å². The van der Waals surface area contributed by atoms with Gasteiger partial charge in [0.25, 0.3) is 5.56 Å². The molecular formula is C10H8F3NO2S. The molecule has 2 aromatic heterocycles. The Morgan fingerprint density at radius 2 is 2.12 bits per heavy atom. The molecule has 0 fully saturated rings. The van der Waals surface area contributed by atoms with Gasteiger partial charge in [-0.3, -0.25) is 9.36 Å². The second-order valence-electron chi connectivity index (χ2n) is 3.38. The lowest BCUT2D eigenvalue weighted by Gasteiger charge is -2.09. The Balaban J connectivity index is 2.14. The number of aromatic nitrogens is 1. The Bertz CT molecular complexity index is 573. The molecule has 0 radical (unpaired) electrons. The maximum Gasteiger partial charge on any atom is 0.411 e. The predicted molar refractivity (Wildman–Crippen MR) is 58.1 cm³/mol. The second-order valence-corrected chi connectivity index (χ2v) is 4.33. The van der Waals surface area contributed by atoms with Crippen LogP contribution >= 0.6 is 11.3 Å². The van der Waals surface area contributed by atoms with Crippen molar-refractivity contribution >= 4 is 21.4 Å². The predicted octanol–water partition coefficient (Wildman–Crippen LogP) is 2.60. The van der Waals surface area contributed by atoms with E-state index in [9.17, 15) is 18.0 Å². The lowest BCUT2D eigenvalue weighted by Crippen LogP contribution is -2.24. The molecule has 0 atom stereocenters. The van der Waals surface area contributed by atoms with Gasteiger partial charge >= 0.3 is 6.18 Å². The van der Waals surface area contributed by atoms with Crippen LogP contribution < -0.4 is 5.56 Å². The zero-order valence-corrected chi connectivity index (χ0v) is 9.35. The first-order valence-electron chi connectivity index (χ1n) is 4.68. The van der Waals surface area contributed by atoms with Gasteiger partial charge in [-0.15, -0.1) is 11.3 Å². The highest BCUT2D eigenvalue weighted by molar-refractivity contribution is 7.17. The zero-order valence-electron chi connectivity index (χ0n) is 8.53. The Hall–Kier alpha value is -1.34. The maximum absolute atomic E-state index is 11.9. The van der Waals surface area contributed by atoms with Crippen LogP contribution in [0.15, 0.2) is 28.5 Å². The fourth-order valence-corrected chi connectivity index (χ4v) is 2.14. The van der Waals surface area contributed by atoms with Gasteiger partial charge in [-0.05, 0) is 17.5 Å². The highest BCUT2D eigenvalue weighted by Gasteiger charge is 2.27. The summed E-state index contributed by atoms with van der Waals surface area (Å²) in [5, 5.41) is 2.25. The fraction of sp³-hybridized carbons (Fsp3) is 0.300. The normalized spacial score (nSPS) is 12.2. The van der Waals surface area contributed by atoms with Crippen LogP contribution in [0, 0.1) is 0 Å². The van der Waals surface area contributed by atoms with Crippen LogP contribution in [-0.4, -0.2) is 17.4 Å². The van der Waals surface area contributed by atoms with Crippen molar-refractivity contribution < 1.29 is 17.9 Å². The molecule has 0 unspecified atom stereocenters. The van der Waals surface area contributed by atoms with E-state index in [0.29, 0.717) is 5.39 Å². The molecule has 0 saturated heterocycles. The van der Waals surface area contributed by atoms with Crippen molar-refractivity contribution in [3.8, 4) is 0 Å². The Labute approximate surface area is 98.0 Å². The fourth-order valence-electron chi connectivity index (χ4n) is 1.37. The summed E-state index contributed by atoms with van der Waals surface area (Å²) < 4.78 is 41.9. The summed E-state index contributed by atoms with van der Waals surface area (Å²) in [6.07, 6.45) is -2.95. The monoisotopic (exact) mass is 263 g/mol. The number of thiophene rings is 1. The minimum atomic E-state index is -4.38.